The van der Waals surface area contributed by atoms with E-state index in [0.717, 1.165) is 5.56 Å². The highest BCUT2D eigenvalue weighted by atomic mass is 32.2. The van der Waals surface area contributed by atoms with Crippen LogP contribution < -0.4 is 10.5 Å². The number of hydrogen-bond acceptors (Lipinski definition) is 4. The lowest BCUT2D eigenvalue weighted by molar-refractivity contribution is 0.600. The number of pyridine rings is 1. The summed E-state index contributed by atoms with van der Waals surface area (Å²) in [6.45, 7) is 1.82. The summed E-state index contributed by atoms with van der Waals surface area (Å²) in [4.78, 5) is 4.20. The summed E-state index contributed by atoms with van der Waals surface area (Å²) in [5, 5.41) is 0. The monoisotopic (exact) mass is 321 g/mol. The van der Waals surface area contributed by atoms with Crippen molar-refractivity contribution in [2.45, 2.75) is 12.7 Å². The van der Waals surface area contributed by atoms with Crippen LogP contribution in [0.25, 0.3) is 0 Å². The number of anilines is 1. The highest BCUT2D eigenvalue weighted by molar-refractivity contribution is 7.91. The average molecular weight is 321 g/mol. The van der Waals surface area contributed by atoms with Crippen molar-refractivity contribution in [1.29, 1.82) is 0 Å². The molecule has 0 saturated heterocycles. The van der Waals surface area contributed by atoms with Gasteiger partial charge in [0.25, 0.3) is 0 Å². The molecule has 0 fully saturated rings. The predicted molar refractivity (Wildman–Crippen MR) is 87.5 cm³/mol. The van der Waals surface area contributed by atoms with E-state index in [9.17, 15) is 8.42 Å². The lowest BCUT2D eigenvalue weighted by atomic mass is 10.1. The number of nitrogens with one attached hydrogen (secondary N) is 1. The van der Waals surface area contributed by atoms with E-state index in [-0.39, 0.29) is 10.7 Å². The van der Waals surface area contributed by atoms with Gasteiger partial charge in [0.05, 0.1) is 17.6 Å². The van der Waals surface area contributed by atoms with Crippen molar-refractivity contribution < 1.29 is 8.42 Å². The van der Waals surface area contributed by atoms with E-state index in [2.05, 4.69) is 9.71 Å². The summed E-state index contributed by atoms with van der Waals surface area (Å²) in [7, 11) is -3.50. The number of aromatic nitrogens is 1. The second-order valence-corrected chi connectivity index (χ2v) is 6.78. The number of nitrogens with two attached hydrogens (primary N) is 1. The number of aryl methyl sites for hydroxylation is 1. The van der Waals surface area contributed by atoms with Crippen molar-refractivity contribution in [3.05, 3.63) is 59.4 Å². The van der Waals surface area contributed by atoms with Gasteiger partial charge in [0.2, 0.25) is 10.0 Å². The number of thiocarbonyl (C=S) groups is 1. The molecule has 21 heavy (non-hydrogen) atoms. The minimum atomic E-state index is -3.50. The second kappa shape index (κ2) is 6.19. The first kappa shape index (κ1) is 15.4. The normalized spacial score (nSPS) is 11.1. The molecule has 0 atom stereocenters. The molecule has 0 spiro atoms. The topological polar surface area (TPSA) is 85.1 Å². The summed E-state index contributed by atoms with van der Waals surface area (Å²) in [5.74, 6) is -0.126. The van der Waals surface area contributed by atoms with Crippen LogP contribution in [0.4, 0.5) is 5.69 Å². The molecule has 0 unspecified atom stereocenters. The molecule has 2 aromatic rings. The molecule has 0 radical (unpaired) electrons. The van der Waals surface area contributed by atoms with Crippen molar-refractivity contribution in [1.82, 2.24) is 4.98 Å². The van der Waals surface area contributed by atoms with Crippen LogP contribution in [0.15, 0.2) is 42.7 Å². The maximum Gasteiger partial charge on any atom is 0.236 e. The van der Waals surface area contributed by atoms with E-state index >= 15 is 0 Å². The van der Waals surface area contributed by atoms with E-state index in [1.54, 1.807) is 36.5 Å². The molecule has 7 heteroatoms. The third-order valence-electron chi connectivity index (χ3n) is 2.90. The van der Waals surface area contributed by atoms with E-state index in [4.69, 9.17) is 18.0 Å². The predicted octanol–water partition coefficient (Wildman–Crippen LogP) is 1.97. The van der Waals surface area contributed by atoms with Crippen LogP contribution in [0.1, 0.15) is 16.7 Å². The van der Waals surface area contributed by atoms with Gasteiger partial charge < -0.3 is 5.73 Å². The minimum absolute atomic E-state index is 0.126. The molecule has 1 aromatic carbocycles. The van der Waals surface area contributed by atoms with E-state index in [0.29, 0.717) is 16.8 Å². The molecule has 0 saturated carbocycles. The largest absolute Gasteiger partial charge is 0.389 e. The Morgan fingerprint density at radius 1 is 1.29 bits per heavy atom. The van der Waals surface area contributed by atoms with Gasteiger partial charge in [-0.3, -0.25) is 9.71 Å². The second-order valence-electron chi connectivity index (χ2n) is 4.61. The first-order valence-electron chi connectivity index (χ1n) is 6.17. The molecule has 0 amide bonds. The van der Waals surface area contributed by atoms with Gasteiger partial charge in [-0.2, -0.15) is 0 Å². The van der Waals surface area contributed by atoms with Crippen LogP contribution >= 0.6 is 12.2 Å². The third kappa shape index (κ3) is 4.24. The van der Waals surface area contributed by atoms with Crippen LogP contribution in [0, 0.1) is 6.92 Å². The van der Waals surface area contributed by atoms with E-state index in [1.807, 2.05) is 6.92 Å². The fraction of sp³-hybridized carbons (Fsp3) is 0.143. The highest BCUT2D eigenvalue weighted by Crippen LogP contribution is 2.16. The van der Waals surface area contributed by atoms with Gasteiger partial charge in [-0.15, -0.1) is 0 Å². The maximum absolute atomic E-state index is 12.2. The lowest BCUT2D eigenvalue weighted by Crippen LogP contribution is -2.16. The fourth-order valence-electron chi connectivity index (χ4n) is 1.76. The molecule has 0 aliphatic carbocycles. The first-order chi connectivity index (χ1) is 9.87. The SMILES string of the molecule is Cc1ccncc1NS(=O)(=O)Cc1ccc(C(N)=S)cc1. The number of benzene rings is 1. The highest BCUT2D eigenvalue weighted by Gasteiger charge is 2.13. The summed E-state index contributed by atoms with van der Waals surface area (Å²) in [6, 6.07) is 8.56. The fourth-order valence-corrected chi connectivity index (χ4v) is 3.15. The van der Waals surface area contributed by atoms with Gasteiger partial charge in [0, 0.05) is 11.8 Å². The molecular formula is C14H15N3O2S2. The standard InChI is InChI=1S/C14H15N3O2S2/c1-10-6-7-16-8-13(10)17-21(18,19)9-11-2-4-12(5-3-11)14(15)20/h2-8,17H,9H2,1H3,(H2,15,20). The Morgan fingerprint density at radius 3 is 2.52 bits per heavy atom. The lowest BCUT2D eigenvalue weighted by Gasteiger charge is -2.10. The molecule has 0 aliphatic rings. The van der Waals surface area contributed by atoms with Gasteiger partial charge in [-0.25, -0.2) is 8.42 Å². The Bertz CT molecular complexity index is 756. The molecule has 0 aliphatic heterocycles. The van der Waals surface area contributed by atoms with Gasteiger partial charge in [0.1, 0.15) is 4.99 Å². The zero-order chi connectivity index (χ0) is 15.5. The summed E-state index contributed by atoms with van der Waals surface area (Å²) >= 11 is 4.86. The Hall–Kier alpha value is -1.99. The van der Waals surface area contributed by atoms with Gasteiger partial charge in [0.15, 0.2) is 0 Å². The molecule has 0 bridgehead atoms. The van der Waals surface area contributed by atoms with E-state index < -0.39 is 10.0 Å². The van der Waals surface area contributed by atoms with Gasteiger partial charge in [-0.1, -0.05) is 36.5 Å². The third-order valence-corrected chi connectivity index (χ3v) is 4.38. The van der Waals surface area contributed by atoms with Crippen molar-refractivity contribution >= 4 is 32.9 Å². The molecular weight excluding hydrogens is 306 g/mol. The van der Waals surface area contributed by atoms with Crippen molar-refractivity contribution in [3.63, 3.8) is 0 Å². The molecule has 2 rings (SSSR count). The van der Waals surface area contributed by atoms with Crippen LogP contribution in [0.3, 0.4) is 0 Å². The van der Waals surface area contributed by atoms with Crippen molar-refractivity contribution in [2.75, 3.05) is 4.72 Å². The zero-order valence-electron chi connectivity index (χ0n) is 11.4. The molecule has 3 N–H and O–H groups in total. The minimum Gasteiger partial charge on any atom is -0.389 e. The van der Waals surface area contributed by atoms with Crippen molar-refractivity contribution in [3.8, 4) is 0 Å². The molecule has 5 nitrogen and oxygen atoms in total. The van der Waals surface area contributed by atoms with Crippen LogP contribution in [-0.2, 0) is 15.8 Å². The van der Waals surface area contributed by atoms with Crippen LogP contribution in [-0.4, -0.2) is 18.4 Å². The Labute approximate surface area is 129 Å². The Morgan fingerprint density at radius 2 is 1.95 bits per heavy atom. The van der Waals surface area contributed by atoms with Gasteiger partial charge >= 0.3 is 0 Å². The number of rotatable bonds is 5. The van der Waals surface area contributed by atoms with Crippen LogP contribution in [0.2, 0.25) is 0 Å². The molecule has 1 heterocycles. The molecule has 110 valence electrons. The smallest absolute Gasteiger partial charge is 0.236 e. The van der Waals surface area contributed by atoms with Crippen molar-refractivity contribution in [2.24, 2.45) is 5.73 Å². The summed E-state index contributed by atoms with van der Waals surface area (Å²) in [6.07, 6.45) is 3.10. The quantitative estimate of drug-likeness (QED) is 0.822. The number of sulfonamides is 1. The Kier molecular flexibility index (Phi) is 4.54. The number of nitrogens with zero attached hydrogens (tertiary/aromatic N) is 1. The zero-order valence-corrected chi connectivity index (χ0v) is 13.0. The average Bonchev–Trinajstić information content (AvgIpc) is 2.41. The molecule has 1 aromatic heterocycles. The maximum atomic E-state index is 12.2. The summed E-state index contributed by atoms with van der Waals surface area (Å²) < 4.78 is 26.8. The first-order valence-corrected chi connectivity index (χ1v) is 8.23. The van der Waals surface area contributed by atoms with Gasteiger partial charge in [-0.05, 0) is 24.1 Å². The van der Waals surface area contributed by atoms with Crippen LogP contribution in [0.5, 0.6) is 0 Å². The summed E-state index contributed by atoms with van der Waals surface area (Å²) in [5.41, 5.74) is 8.17. The Balaban J connectivity index is 2.14. The number of hydrogen-bond donors (Lipinski definition) is 2. The van der Waals surface area contributed by atoms with E-state index in [1.165, 1.54) is 6.20 Å².